The third kappa shape index (κ3) is 2.49. The van der Waals surface area contributed by atoms with Gasteiger partial charge < -0.3 is 15.2 Å². The fraction of sp³-hybridized carbons (Fsp3) is 0.455. The van der Waals surface area contributed by atoms with Crippen molar-refractivity contribution in [3.8, 4) is 0 Å². The number of rotatable bonds is 3. The molecule has 0 radical (unpaired) electrons. The highest BCUT2D eigenvalue weighted by Gasteiger charge is 2.11. The molecule has 5 nitrogen and oxygen atoms in total. The summed E-state index contributed by atoms with van der Waals surface area (Å²) in [6.45, 7) is 2.51. The quantitative estimate of drug-likeness (QED) is 0.709. The van der Waals surface area contributed by atoms with Gasteiger partial charge in [-0.15, -0.1) is 0 Å². The zero-order valence-electron chi connectivity index (χ0n) is 9.36. The minimum Gasteiger partial charge on any atom is -0.346 e. The first kappa shape index (κ1) is 10.9. The van der Waals surface area contributed by atoms with E-state index in [0.717, 1.165) is 19.5 Å². The average Bonchev–Trinajstić information content (AvgIpc) is 2.74. The largest absolute Gasteiger partial charge is 0.346 e. The van der Waals surface area contributed by atoms with Crippen molar-refractivity contribution in [2.75, 3.05) is 19.6 Å². The molecule has 2 heterocycles. The van der Waals surface area contributed by atoms with Crippen molar-refractivity contribution in [3.05, 3.63) is 29.9 Å². The first-order chi connectivity index (χ1) is 7.77. The summed E-state index contributed by atoms with van der Waals surface area (Å²) in [7, 11) is 1.81. The molecule has 86 valence electrons. The zero-order chi connectivity index (χ0) is 11.4. The van der Waals surface area contributed by atoms with Gasteiger partial charge in [0.1, 0.15) is 0 Å². The maximum absolute atomic E-state index is 11.7. The van der Waals surface area contributed by atoms with Crippen LogP contribution in [0.4, 0.5) is 0 Å². The Morgan fingerprint density at radius 2 is 2.56 bits per heavy atom. The first-order valence-electron chi connectivity index (χ1n) is 5.41. The van der Waals surface area contributed by atoms with E-state index < -0.39 is 0 Å². The minimum absolute atomic E-state index is 0.119. The third-order valence-electron chi connectivity index (χ3n) is 2.66. The molecule has 1 aromatic rings. The molecule has 0 saturated carbocycles. The number of imidazole rings is 1. The van der Waals surface area contributed by atoms with Crippen molar-refractivity contribution < 1.29 is 4.79 Å². The Kier molecular flexibility index (Phi) is 3.36. The lowest BCUT2D eigenvalue weighted by atomic mass is 10.1. The third-order valence-corrected chi connectivity index (χ3v) is 2.66. The summed E-state index contributed by atoms with van der Waals surface area (Å²) in [6, 6.07) is 0. The van der Waals surface area contributed by atoms with Crippen molar-refractivity contribution >= 4 is 5.91 Å². The molecule has 0 saturated heterocycles. The lowest BCUT2D eigenvalue weighted by Crippen LogP contribution is -2.31. The van der Waals surface area contributed by atoms with E-state index in [1.165, 1.54) is 5.57 Å². The Labute approximate surface area is 94.6 Å². The highest BCUT2D eigenvalue weighted by molar-refractivity contribution is 5.90. The number of aromatic nitrogens is 2. The van der Waals surface area contributed by atoms with E-state index in [9.17, 15) is 4.79 Å². The summed E-state index contributed by atoms with van der Waals surface area (Å²) >= 11 is 0. The van der Waals surface area contributed by atoms with Crippen LogP contribution < -0.4 is 10.6 Å². The topological polar surface area (TPSA) is 59.0 Å². The van der Waals surface area contributed by atoms with Crippen LogP contribution in [-0.2, 0) is 7.05 Å². The number of nitrogens with zero attached hydrogens (tertiary/aromatic N) is 2. The van der Waals surface area contributed by atoms with Gasteiger partial charge in [0.25, 0.3) is 5.91 Å². The molecule has 2 rings (SSSR count). The molecule has 5 heteroatoms. The summed E-state index contributed by atoms with van der Waals surface area (Å²) in [5, 5.41) is 6.11. The standard InChI is InChI=1S/C11H16N4O/c1-15-7-6-13-10(15)11(16)14-8-9-2-4-12-5-3-9/h2,6-7,12H,3-5,8H2,1H3,(H,14,16). The van der Waals surface area contributed by atoms with Crippen molar-refractivity contribution in [3.63, 3.8) is 0 Å². The monoisotopic (exact) mass is 220 g/mol. The van der Waals surface area contributed by atoms with E-state index in [1.54, 1.807) is 17.0 Å². The number of hydrogen-bond acceptors (Lipinski definition) is 3. The van der Waals surface area contributed by atoms with E-state index in [2.05, 4.69) is 21.7 Å². The number of amides is 1. The Morgan fingerprint density at radius 1 is 1.69 bits per heavy atom. The molecule has 1 aliphatic rings. The molecule has 0 spiro atoms. The molecule has 0 aromatic carbocycles. The lowest BCUT2D eigenvalue weighted by molar-refractivity contribution is 0.0943. The van der Waals surface area contributed by atoms with Crippen LogP contribution in [0.2, 0.25) is 0 Å². The van der Waals surface area contributed by atoms with Crippen molar-refractivity contribution in [1.29, 1.82) is 0 Å². The number of aryl methyl sites for hydroxylation is 1. The number of nitrogens with one attached hydrogen (secondary N) is 2. The number of carbonyl (C=O) groups is 1. The molecular weight excluding hydrogens is 204 g/mol. The minimum atomic E-state index is -0.119. The van der Waals surface area contributed by atoms with Gasteiger partial charge in [-0.1, -0.05) is 11.6 Å². The molecule has 0 bridgehead atoms. The fourth-order valence-electron chi connectivity index (χ4n) is 1.69. The van der Waals surface area contributed by atoms with Crippen molar-refractivity contribution in [2.45, 2.75) is 6.42 Å². The molecule has 2 N–H and O–H groups in total. The maximum Gasteiger partial charge on any atom is 0.287 e. The predicted octanol–water partition coefficient (Wildman–Crippen LogP) is 0.0696. The van der Waals surface area contributed by atoms with Gasteiger partial charge in [0.05, 0.1) is 0 Å². The van der Waals surface area contributed by atoms with Crippen LogP contribution in [0.1, 0.15) is 17.0 Å². The van der Waals surface area contributed by atoms with Gasteiger partial charge in [-0.05, 0) is 13.0 Å². The molecule has 0 atom stereocenters. The average molecular weight is 220 g/mol. The van der Waals surface area contributed by atoms with Crippen molar-refractivity contribution in [2.24, 2.45) is 7.05 Å². The van der Waals surface area contributed by atoms with E-state index in [4.69, 9.17) is 0 Å². The van der Waals surface area contributed by atoms with E-state index in [0.29, 0.717) is 12.4 Å². The highest BCUT2D eigenvalue weighted by atomic mass is 16.2. The van der Waals surface area contributed by atoms with E-state index >= 15 is 0 Å². The van der Waals surface area contributed by atoms with Crippen LogP contribution in [0.3, 0.4) is 0 Å². The van der Waals surface area contributed by atoms with Gasteiger partial charge >= 0.3 is 0 Å². The molecular formula is C11H16N4O. The summed E-state index contributed by atoms with van der Waals surface area (Å²) in [6.07, 6.45) is 6.51. The normalized spacial score (nSPS) is 15.7. The molecule has 0 aliphatic carbocycles. The van der Waals surface area contributed by atoms with Crippen molar-refractivity contribution in [1.82, 2.24) is 20.2 Å². The summed E-state index contributed by atoms with van der Waals surface area (Å²) < 4.78 is 1.71. The second kappa shape index (κ2) is 4.94. The van der Waals surface area contributed by atoms with Crippen LogP contribution in [0.5, 0.6) is 0 Å². The summed E-state index contributed by atoms with van der Waals surface area (Å²) in [5.41, 5.74) is 1.28. The summed E-state index contributed by atoms with van der Waals surface area (Å²) in [4.78, 5) is 15.7. The molecule has 16 heavy (non-hydrogen) atoms. The Bertz CT molecular complexity index is 408. The van der Waals surface area contributed by atoms with Gasteiger partial charge in [0.2, 0.25) is 0 Å². The van der Waals surface area contributed by atoms with Crippen LogP contribution in [-0.4, -0.2) is 35.1 Å². The van der Waals surface area contributed by atoms with E-state index in [-0.39, 0.29) is 5.91 Å². The second-order valence-electron chi connectivity index (χ2n) is 3.86. The lowest BCUT2D eigenvalue weighted by Gasteiger charge is -2.14. The summed E-state index contributed by atoms with van der Waals surface area (Å²) in [5.74, 6) is 0.335. The van der Waals surface area contributed by atoms with Crippen LogP contribution in [0, 0.1) is 0 Å². The molecule has 0 fully saturated rings. The molecule has 1 amide bonds. The Morgan fingerprint density at radius 3 is 3.19 bits per heavy atom. The SMILES string of the molecule is Cn1ccnc1C(=O)NCC1=CCNCC1. The van der Waals surface area contributed by atoms with Crippen LogP contribution in [0.15, 0.2) is 24.0 Å². The smallest absolute Gasteiger partial charge is 0.287 e. The number of hydrogen-bond donors (Lipinski definition) is 2. The van der Waals surface area contributed by atoms with Gasteiger partial charge in [-0.2, -0.15) is 0 Å². The number of carbonyl (C=O) groups excluding carboxylic acids is 1. The van der Waals surface area contributed by atoms with Gasteiger partial charge in [0, 0.05) is 32.5 Å². The van der Waals surface area contributed by atoms with Gasteiger partial charge in [-0.3, -0.25) is 4.79 Å². The fourth-order valence-corrected chi connectivity index (χ4v) is 1.69. The van der Waals surface area contributed by atoms with Crippen LogP contribution >= 0.6 is 0 Å². The molecule has 1 aliphatic heterocycles. The van der Waals surface area contributed by atoms with Gasteiger partial charge in [-0.25, -0.2) is 4.98 Å². The van der Waals surface area contributed by atoms with E-state index in [1.807, 2.05) is 7.05 Å². The Hall–Kier alpha value is -1.62. The zero-order valence-corrected chi connectivity index (χ0v) is 9.36. The predicted molar refractivity (Wildman–Crippen MR) is 61.1 cm³/mol. The van der Waals surface area contributed by atoms with Crippen LogP contribution in [0.25, 0.3) is 0 Å². The maximum atomic E-state index is 11.7. The molecule has 1 aromatic heterocycles. The second-order valence-corrected chi connectivity index (χ2v) is 3.86. The molecule has 0 unspecified atom stereocenters. The van der Waals surface area contributed by atoms with Gasteiger partial charge in [0.15, 0.2) is 5.82 Å². The first-order valence-corrected chi connectivity index (χ1v) is 5.41. The Balaban J connectivity index is 1.89. The highest BCUT2D eigenvalue weighted by Crippen LogP contribution is 2.02.